The molecule has 2 fully saturated rings. The van der Waals surface area contributed by atoms with Gasteiger partial charge in [0.15, 0.2) is 5.96 Å². The molecule has 0 spiro atoms. The molecule has 0 heterocycles. The predicted molar refractivity (Wildman–Crippen MR) is 90.3 cm³/mol. The monoisotopic (exact) mass is 381 g/mol. The topological polar surface area (TPSA) is 45.7 Å². The quantitative estimate of drug-likeness (QED) is 0.294. The van der Waals surface area contributed by atoms with E-state index in [9.17, 15) is 0 Å². The second-order valence-corrected chi connectivity index (χ2v) is 5.60. The Bertz CT molecular complexity index is 282. The minimum atomic E-state index is 0. The molecule has 5 heteroatoms. The molecule has 0 bridgehead atoms. The third-order valence-corrected chi connectivity index (χ3v) is 3.54. The smallest absolute Gasteiger partial charge is 0.191 e. The summed E-state index contributed by atoms with van der Waals surface area (Å²) in [6.45, 7) is 7.95. The molecule has 0 radical (unpaired) electrons. The van der Waals surface area contributed by atoms with Crippen molar-refractivity contribution in [2.75, 3.05) is 26.3 Å². The zero-order chi connectivity index (χ0) is 12.8. The molecule has 19 heavy (non-hydrogen) atoms. The van der Waals surface area contributed by atoms with Crippen LogP contribution < -0.4 is 10.6 Å². The highest BCUT2D eigenvalue weighted by Crippen LogP contribution is 2.29. The van der Waals surface area contributed by atoms with E-state index >= 15 is 0 Å². The number of halogens is 1. The van der Waals surface area contributed by atoms with Crippen LogP contribution in [0.2, 0.25) is 0 Å². The minimum absolute atomic E-state index is 0. The van der Waals surface area contributed by atoms with E-state index < -0.39 is 0 Å². The van der Waals surface area contributed by atoms with Gasteiger partial charge in [-0.2, -0.15) is 0 Å². The second-order valence-electron chi connectivity index (χ2n) is 5.60. The highest BCUT2D eigenvalue weighted by Gasteiger charge is 2.33. The Balaban J connectivity index is 0.00000180. The molecule has 0 aromatic heterocycles. The lowest BCUT2D eigenvalue weighted by molar-refractivity contribution is 0.123. The first-order valence-corrected chi connectivity index (χ1v) is 7.42. The third-order valence-electron chi connectivity index (χ3n) is 3.54. The number of guanidine groups is 1. The lowest BCUT2D eigenvalue weighted by Gasteiger charge is -2.10. The largest absolute Gasteiger partial charge is 0.381 e. The van der Waals surface area contributed by atoms with E-state index in [4.69, 9.17) is 4.74 Å². The first-order chi connectivity index (χ1) is 8.79. The van der Waals surface area contributed by atoms with E-state index in [1.807, 2.05) is 0 Å². The van der Waals surface area contributed by atoms with Crippen molar-refractivity contribution in [1.82, 2.24) is 10.6 Å². The minimum Gasteiger partial charge on any atom is -0.381 e. The Hall–Kier alpha value is -0.0400. The van der Waals surface area contributed by atoms with Crippen LogP contribution in [0.25, 0.3) is 0 Å². The summed E-state index contributed by atoms with van der Waals surface area (Å²) in [5, 5.41) is 6.75. The highest BCUT2D eigenvalue weighted by molar-refractivity contribution is 14.0. The van der Waals surface area contributed by atoms with Crippen molar-refractivity contribution in [2.45, 2.75) is 45.6 Å². The molecule has 4 nitrogen and oxygen atoms in total. The number of ether oxygens (including phenoxy) is 1. The van der Waals surface area contributed by atoms with Gasteiger partial charge in [-0.3, -0.25) is 4.99 Å². The molecule has 112 valence electrons. The van der Waals surface area contributed by atoms with Crippen molar-refractivity contribution in [3.8, 4) is 0 Å². The van der Waals surface area contributed by atoms with E-state index in [0.29, 0.717) is 6.04 Å². The SMILES string of the molecule is CCNC(=NCCCOCC1CC1)NC1CC1C.I. The van der Waals surface area contributed by atoms with Gasteiger partial charge in [-0.15, -0.1) is 24.0 Å². The lowest BCUT2D eigenvalue weighted by atomic mass is 10.4. The van der Waals surface area contributed by atoms with Gasteiger partial charge in [-0.1, -0.05) is 6.92 Å². The van der Waals surface area contributed by atoms with Crippen LogP contribution in [-0.2, 0) is 4.74 Å². The summed E-state index contributed by atoms with van der Waals surface area (Å²) in [5.74, 6) is 2.63. The summed E-state index contributed by atoms with van der Waals surface area (Å²) in [5.41, 5.74) is 0. The van der Waals surface area contributed by atoms with E-state index in [0.717, 1.165) is 50.5 Å². The first kappa shape index (κ1) is 17.0. The Labute approximate surface area is 134 Å². The van der Waals surface area contributed by atoms with Crippen LogP contribution in [0.5, 0.6) is 0 Å². The Morgan fingerprint density at radius 3 is 2.68 bits per heavy atom. The van der Waals surface area contributed by atoms with Crippen molar-refractivity contribution in [3.63, 3.8) is 0 Å². The van der Waals surface area contributed by atoms with E-state index in [2.05, 4.69) is 29.5 Å². The van der Waals surface area contributed by atoms with Crippen LogP contribution in [0.3, 0.4) is 0 Å². The molecule has 2 N–H and O–H groups in total. The molecule has 2 aliphatic carbocycles. The number of hydrogen-bond acceptors (Lipinski definition) is 2. The Morgan fingerprint density at radius 1 is 1.37 bits per heavy atom. The molecule has 2 aliphatic rings. The summed E-state index contributed by atoms with van der Waals surface area (Å²) >= 11 is 0. The van der Waals surface area contributed by atoms with Gasteiger partial charge in [0.1, 0.15) is 0 Å². The molecule has 2 rings (SSSR count). The van der Waals surface area contributed by atoms with Crippen LogP contribution in [0.1, 0.15) is 39.5 Å². The third kappa shape index (κ3) is 7.34. The number of hydrogen-bond donors (Lipinski definition) is 2. The van der Waals surface area contributed by atoms with Crippen LogP contribution in [0.15, 0.2) is 4.99 Å². The molecule has 2 atom stereocenters. The van der Waals surface area contributed by atoms with Crippen LogP contribution in [0, 0.1) is 11.8 Å². The second kappa shape index (κ2) is 9.00. The summed E-state index contributed by atoms with van der Waals surface area (Å²) < 4.78 is 5.60. The average molecular weight is 381 g/mol. The summed E-state index contributed by atoms with van der Waals surface area (Å²) in [7, 11) is 0. The van der Waals surface area contributed by atoms with Crippen LogP contribution >= 0.6 is 24.0 Å². The van der Waals surface area contributed by atoms with Crippen molar-refractivity contribution < 1.29 is 4.74 Å². The predicted octanol–water partition coefficient (Wildman–Crippen LogP) is 2.38. The molecule has 0 saturated heterocycles. The molecule has 0 aromatic rings. The van der Waals surface area contributed by atoms with Gasteiger partial charge in [0.2, 0.25) is 0 Å². The van der Waals surface area contributed by atoms with Gasteiger partial charge >= 0.3 is 0 Å². The van der Waals surface area contributed by atoms with Gasteiger partial charge < -0.3 is 15.4 Å². The standard InChI is InChI=1S/C14H27N3O.HI/c1-3-15-14(17-13-9-11(13)2)16-7-4-8-18-10-12-5-6-12;/h11-13H,3-10H2,1-2H3,(H2,15,16,17);1H. The maximum atomic E-state index is 5.60. The Kier molecular flexibility index (Phi) is 8.06. The maximum absolute atomic E-state index is 5.60. The summed E-state index contributed by atoms with van der Waals surface area (Å²) in [4.78, 5) is 4.57. The Morgan fingerprint density at radius 2 is 2.11 bits per heavy atom. The number of nitrogens with zero attached hydrogens (tertiary/aromatic N) is 1. The maximum Gasteiger partial charge on any atom is 0.191 e. The van der Waals surface area contributed by atoms with Gasteiger partial charge in [0.25, 0.3) is 0 Å². The fourth-order valence-electron chi connectivity index (χ4n) is 1.91. The molecule has 0 amide bonds. The van der Waals surface area contributed by atoms with Crippen molar-refractivity contribution in [3.05, 3.63) is 0 Å². The summed E-state index contributed by atoms with van der Waals surface area (Å²) in [6, 6.07) is 0.633. The molecule has 0 aromatic carbocycles. The highest BCUT2D eigenvalue weighted by atomic mass is 127. The number of aliphatic imine (C=N–C) groups is 1. The van der Waals surface area contributed by atoms with Crippen molar-refractivity contribution in [1.29, 1.82) is 0 Å². The van der Waals surface area contributed by atoms with E-state index in [1.165, 1.54) is 19.3 Å². The van der Waals surface area contributed by atoms with Gasteiger partial charge in [-0.25, -0.2) is 0 Å². The fourth-order valence-corrected chi connectivity index (χ4v) is 1.91. The average Bonchev–Trinajstić information content (AvgIpc) is 3.24. The van der Waals surface area contributed by atoms with Gasteiger partial charge in [0, 0.05) is 32.3 Å². The van der Waals surface area contributed by atoms with Crippen LogP contribution in [0.4, 0.5) is 0 Å². The summed E-state index contributed by atoms with van der Waals surface area (Å²) in [6.07, 6.45) is 5.02. The van der Waals surface area contributed by atoms with Gasteiger partial charge in [-0.05, 0) is 44.4 Å². The van der Waals surface area contributed by atoms with E-state index in [1.54, 1.807) is 0 Å². The van der Waals surface area contributed by atoms with Crippen molar-refractivity contribution >= 4 is 29.9 Å². The van der Waals surface area contributed by atoms with Crippen molar-refractivity contribution in [2.24, 2.45) is 16.8 Å². The normalized spacial score (nSPS) is 25.7. The fraction of sp³-hybridized carbons (Fsp3) is 0.929. The molecule has 2 unspecified atom stereocenters. The van der Waals surface area contributed by atoms with Crippen LogP contribution in [-0.4, -0.2) is 38.3 Å². The van der Waals surface area contributed by atoms with Gasteiger partial charge in [0.05, 0.1) is 0 Å². The molecule has 2 saturated carbocycles. The zero-order valence-electron chi connectivity index (χ0n) is 12.2. The number of nitrogens with one attached hydrogen (secondary N) is 2. The lowest BCUT2D eigenvalue weighted by Crippen LogP contribution is -2.39. The molecular weight excluding hydrogens is 353 g/mol. The first-order valence-electron chi connectivity index (χ1n) is 7.42. The zero-order valence-corrected chi connectivity index (χ0v) is 14.5. The molecule has 0 aliphatic heterocycles. The van der Waals surface area contributed by atoms with E-state index in [-0.39, 0.29) is 24.0 Å². The molecular formula is C14H28IN3O. The number of rotatable bonds is 8.